The number of halogens is 1. The summed E-state index contributed by atoms with van der Waals surface area (Å²) in [5, 5.41) is 11.8. The molecule has 1 N–H and O–H groups in total. The highest BCUT2D eigenvalue weighted by Crippen LogP contribution is 2.20. The third kappa shape index (κ3) is 6.75. The van der Waals surface area contributed by atoms with Crippen molar-refractivity contribution >= 4 is 5.91 Å². The average molecular weight is 453 g/mol. The molecule has 2 aliphatic heterocycles. The van der Waals surface area contributed by atoms with Crippen LogP contribution in [0, 0.1) is 17.1 Å². The van der Waals surface area contributed by atoms with Crippen molar-refractivity contribution in [1.82, 2.24) is 15.1 Å². The van der Waals surface area contributed by atoms with Gasteiger partial charge in [0.05, 0.1) is 37.0 Å². The maximum Gasteiger partial charge on any atom is 0.234 e. The lowest BCUT2D eigenvalue weighted by molar-refractivity contribution is -0.145. The van der Waals surface area contributed by atoms with Crippen LogP contribution in [0.1, 0.15) is 17.5 Å². The van der Waals surface area contributed by atoms with E-state index < -0.39 is 5.82 Å². The van der Waals surface area contributed by atoms with Gasteiger partial charge in [0.15, 0.2) is 11.6 Å². The molecule has 2 saturated heterocycles. The zero-order valence-corrected chi connectivity index (χ0v) is 18.6. The van der Waals surface area contributed by atoms with Crippen LogP contribution in [-0.2, 0) is 16.1 Å². The van der Waals surface area contributed by atoms with Crippen LogP contribution in [0.2, 0.25) is 0 Å². The number of nitrogens with zero attached hydrogens (tertiary/aromatic N) is 3. The number of nitriles is 1. The molecular formula is C25H29FN4O3. The molecule has 4 rings (SSSR count). The largest absolute Gasteiger partial charge is 0.490 e. The van der Waals surface area contributed by atoms with Gasteiger partial charge in [-0.15, -0.1) is 0 Å². The summed E-state index contributed by atoms with van der Waals surface area (Å²) in [5.41, 5.74) is 1.37. The molecule has 2 aromatic rings. The van der Waals surface area contributed by atoms with Crippen LogP contribution >= 0.6 is 0 Å². The first-order valence-electron chi connectivity index (χ1n) is 11.3. The first-order valence-corrected chi connectivity index (χ1v) is 11.3. The number of fused-ring (bicyclic) bond motifs is 2. The number of ether oxygens (including phenoxy) is 2. The standard InChI is InChI=1S/C25H29FN4O3/c26-23-11-20(12-27)7-8-24(23)32-10-4-9-29-14-21-16-30(17-22(15-29)33-21)18-25(31)28-13-19-5-2-1-3-6-19/h1-3,5-8,11,21-22H,4,9-10,13-18H2,(H,28,31). The average Bonchev–Trinajstić information content (AvgIpc) is 2.81. The molecule has 0 aromatic heterocycles. The van der Waals surface area contributed by atoms with Crippen molar-refractivity contribution in [2.24, 2.45) is 0 Å². The summed E-state index contributed by atoms with van der Waals surface area (Å²) in [6.45, 7) is 5.26. The summed E-state index contributed by atoms with van der Waals surface area (Å²) >= 11 is 0. The SMILES string of the molecule is N#Cc1ccc(OCCCN2CC3CN(CC(=O)NCc4ccccc4)CC(C2)O3)c(F)c1. The Morgan fingerprint density at radius 3 is 2.55 bits per heavy atom. The molecule has 2 fully saturated rings. The fraction of sp³-hybridized carbons (Fsp3) is 0.440. The maximum atomic E-state index is 13.9. The van der Waals surface area contributed by atoms with Gasteiger partial charge in [0.2, 0.25) is 5.91 Å². The highest BCUT2D eigenvalue weighted by Gasteiger charge is 2.35. The van der Waals surface area contributed by atoms with Crippen LogP contribution in [-0.4, -0.2) is 73.8 Å². The van der Waals surface area contributed by atoms with Crippen molar-refractivity contribution in [2.45, 2.75) is 25.2 Å². The zero-order chi connectivity index (χ0) is 23.0. The van der Waals surface area contributed by atoms with Crippen LogP contribution in [0.3, 0.4) is 0 Å². The number of carbonyl (C=O) groups excluding carboxylic acids is 1. The summed E-state index contributed by atoms with van der Waals surface area (Å²) < 4.78 is 25.5. The van der Waals surface area contributed by atoms with Gasteiger partial charge in [-0.2, -0.15) is 5.26 Å². The van der Waals surface area contributed by atoms with Crippen LogP contribution < -0.4 is 10.1 Å². The van der Waals surface area contributed by atoms with Crippen molar-refractivity contribution in [1.29, 1.82) is 5.26 Å². The second kappa shape index (κ2) is 11.2. The third-order valence-electron chi connectivity index (χ3n) is 5.87. The zero-order valence-electron chi connectivity index (χ0n) is 18.6. The van der Waals surface area contributed by atoms with E-state index in [1.807, 2.05) is 36.4 Å². The fourth-order valence-electron chi connectivity index (χ4n) is 4.39. The molecule has 0 saturated carbocycles. The minimum atomic E-state index is -0.511. The Bertz CT molecular complexity index is 967. The predicted molar refractivity (Wildman–Crippen MR) is 121 cm³/mol. The van der Waals surface area contributed by atoms with E-state index in [4.69, 9.17) is 14.7 Å². The molecule has 0 spiro atoms. The molecule has 2 bridgehead atoms. The molecule has 8 heteroatoms. The lowest BCUT2D eigenvalue weighted by atomic mass is 10.1. The van der Waals surface area contributed by atoms with Crippen molar-refractivity contribution in [3.8, 4) is 11.8 Å². The highest BCUT2D eigenvalue weighted by atomic mass is 19.1. The summed E-state index contributed by atoms with van der Waals surface area (Å²) in [4.78, 5) is 16.9. The van der Waals surface area contributed by atoms with Gasteiger partial charge < -0.3 is 14.8 Å². The molecule has 7 nitrogen and oxygen atoms in total. The predicted octanol–water partition coefficient (Wildman–Crippen LogP) is 2.17. The van der Waals surface area contributed by atoms with Crippen molar-refractivity contribution in [3.63, 3.8) is 0 Å². The van der Waals surface area contributed by atoms with Gasteiger partial charge in [-0.1, -0.05) is 30.3 Å². The van der Waals surface area contributed by atoms with E-state index in [2.05, 4.69) is 15.1 Å². The molecule has 2 atom stereocenters. The lowest BCUT2D eigenvalue weighted by Gasteiger charge is -2.45. The molecule has 1 amide bonds. The number of carbonyl (C=O) groups is 1. The number of morpholine rings is 2. The molecule has 2 aliphatic rings. The molecule has 2 heterocycles. The maximum absolute atomic E-state index is 13.9. The second-order valence-corrected chi connectivity index (χ2v) is 8.56. The number of hydrogen-bond acceptors (Lipinski definition) is 6. The minimum absolute atomic E-state index is 0.0304. The Morgan fingerprint density at radius 2 is 1.85 bits per heavy atom. The lowest BCUT2D eigenvalue weighted by Crippen LogP contribution is -2.60. The summed E-state index contributed by atoms with van der Waals surface area (Å²) in [7, 11) is 0. The summed E-state index contributed by atoms with van der Waals surface area (Å²) in [6, 6.07) is 16.0. The Balaban J connectivity index is 1.15. The van der Waals surface area contributed by atoms with Crippen molar-refractivity contribution in [2.75, 3.05) is 45.9 Å². The molecule has 174 valence electrons. The first kappa shape index (κ1) is 23.2. The van der Waals surface area contributed by atoms with E-state index in [0.29, 0.717) is 19.7 Å². The monoisotopic (exact) mass is 452 g/mol. The number of rotatable bonds is 9. The Hall–Kier alpha value is -2.99. The van der Waals surface area contributed by atoms with E-state index in [-0.39, 0.29) is 29.4 Å². The molecule has 2 aromatic carbocycles. The van der Waals surface area contributed by atoms with Crippen molar-refractivity contribution in [3.05, 3.63) is 65.5 Å². The minimum Gasteiger partial charge on any atom is -0.490 e. The molecule has 2 unspecified atom stereocenters. The summed E-state index contributed by atoms with van der Waals surface area (Å²) in [5.74, 6) is -0.306. The van der Waals surface area contributed by atoms with Crippen LogP contribution in [0.25, 0.3) is 0 Å². The van der Waals surface area contributed by atoms with Crippen LogP contribution in [0.15, 0.2) is 48.5 Å². The highest BCUT2D eigenvalue weighted by molar-refractivity contribution is 5.78. The normalized spacial score (nSPS) is 20.7. The number of hydrogen-bond donors (Lipinski definition) is 1. The fourth-order valence-corrected chi connectivity index (χ4v) is 4.39. The molecular weight excluding hydrogens is 423 g/mol. The Labute approximate surface area is 193 Å². The smallest absolute Gasteiger partial charge is 0.234 e. The van der Waals surface area contributed by atoms with E-state index >= 15 is 0 Å². The van der Waals surface area contributed by atoms with Crippen LogP contribution in [0.4, 0.5) is 4.39 Å². The van der Waals surface area contributed by atoms with E-state index in [1.165, 1.54) is 12.1 Å². The Kier molecular flexibility index (Phi) is 7.89. The molecule has 33 heavy (non-hydrogen) atoms. The quantitative estimate of drug-likeness (QED) is 0.588. The van der Waals surface area contributed by atoms with Gasteiger partial charge >= 0.3 is 0 Å². The van der Waals surface area contributed by atoms with Gasteiger partial charge in [-0.25, -0.2) is 4.39 Å². The van der Waals surface area contributed by atoms with E-state index in [1.54, 1.807) is 6.07 Å². The number of amides is 1. The number of nitrogens with one attached hydrogen (secondary N) is 1. The topological polar surface area (TPSA) is 77.8 Å². The molecule has 0 radical (unpaired) electrons. The van der Waals surface area contributed by atoms with E-state index in [0.717, 1.165) is 44.7 Å². The van der Waals surface area contributed by atoms with Gasteiger partial charge in [0, 0.05) is 39.3 Å². The third-order valence-corrected chi connectivity index (χ3v) is 5.87. The van der Waals surface area contributed by atoms with Gasteiger partial charge in [0.1, 0.15) is 0 Å². The first-order chi connectivity index (χ1) is 16.1. The van der Waals surface area contributed by atoms with Gasteiger partial charge in [-0.3, -0.25) is 14.6 Å². The summed E-state index contributed by atoms with van der Waals surface area (Å²) in [6.07, 6.45) is 0.928. The van der Waals surface area contributed by atoms with Gasteiger partial charge in [0.25, 0.3) is 0 Å². The Morgan fingerprint density at radius 1 is 1.12 bits per heavy atom. The molecule has 0 aliphatic carbocycles. The van der Waals surface area contributed by atoms with E-state index in [9.17, 15) is 9.18 Å². The second-order valence-electron chi connectivity index (χ2n) is 8.56. The van der Waals surface area contributed by atoms with Gasteiger partial charge in [-0.05, 0) is 30.2 Å². The van der Waals surface area contributed by atoms with Crippen molar-refractivity contribution < 1.29 is 18.7 Å². The number of benzene rings is 2. The van der Waals surface area contributed by atoms with Crippen LogP contribution in [0.5, 0.6) is 5.75 Å².